The molecule has 0 aliphatic carbocycles. The quantitative estimate of drug-likeness (QED) is 0.433. The molecule has 0 aromatic carbocycles. The maximum absolute atomic E-state index is 12.8. The predicted molar refractivity (Wildman–Crippen MR) is 121 cm³/mol. The molecule has 0 bridgehead atoms. The molecule has 1 aliphatic rings. The second-order valence-corrected chi connectivity index (χ2v) is 7.98. The zero-order valence-corrected chi connectivity index (χ0v) is 17.7. The summed E-state index contributed by atoms with van der Waals surface area (Å²) < 4.78 is 0. The monoisotopic (exact) mass is 415 g/mol. The van der Waals surface area contributed by atoms with Crippen LogP contribution in [0.4, 0.5) is 5.82 Å². The van der Waals surface area contributed by atoms with Gasteiger partial charge in [0.25, 0.3) is 0 Å². The molecule has 8 heteroatoms. The molecule has 0 radical (unpaired) electrons. The minimum absolute atomic E-state index is 0.0149. The summed E-state index contributed by atoms with van der Waals surface area (Å²) in [5, 5.41) is 11.4. The molecule has 31 heavy (non-hydrogen) atoms. The highest BCUT2D eigenvalue weighted by molar-refractivity contribution is 5.98. The number of piperazine rings is 1. The summed E-state index contributed by atoms with van der Waals surface area (Å²) in [6.45, 7) is 7.66. The number of hydrogen-bond donors (Lipinski definition) is 3. The fourth-order valence-corrected chi connectivity index (χ4v) is 4.02. The van der Waals surface area contributed by atoms with Gasteiger partial charge in [0.15, 0.2) is 5.78 Å². The Morgan fingerprint density at radius 3 is 2.81 bits per heavy atom. The molecule has 0 amide bonds. The number of aryl methyl sites for hydroxylation is 1. The lowest BCUT2D eigenvalue weighted by molar-refractivity contribution is 0.0987. The number of aromatic amines is 2. The van der Waals surface area contributed by atoms with E-state index in [-0.39, 0.29) is 12.2 Å². The van der Waals surface area contributed by atoms with Crippen LogP contribution in [0.2, 0.25) is 0 Å². The van der Waals surface area contributed by atoms with Crippen LogP contribution in [0.1, 0.15) is 27.3 Å². The number of carbonyl (C=O) groups excluding carboxylic acids is 1. The van der Waals surface area contributed by atoms with Crippen LogP contribution < -0.4 is 10.2 Å². The van der Waals surface area contributed by atoms with Gasteiger partial charge in [0.1, 0.15) is 17.2 Å². The van der Waals surface area contributed by atoms with Crippen LogP contribution in [0.15, 0.2) is 36.7 Å². The summed E-state index contributed by atoms with van der Waals surface area (Å²) in [5.74, 6) is 0.968. The lowest BCUT2D eigenvalue weighted by Gasteiger charge is -2.28. The first kappa shape index (κ1) is 19.4. The van der Waals surface area contributed by atoms with Gasteiger partial charge >= 0.3 is 0 Å². The van der Waals surface area contributed by atoms with Crippen molar-refractivity contribution in [1.29, 1.82) is 0 Å². The van der Waals surface area contributed by atoms with Crippen molar-refractivity contribution in [2.24, 2.45) is 0 Å². The fraction of sp³-hybridized carbons (Fsp3) is 0.304. The minimum atomic E-state index is -0.0149. The first-order chi connectivity index (χ1) is 15.1. The third kappa shape index (κ3) is 3.70. The third-order valence-corrected chi connectivity index (χ3v) is 5.92. The van der Waals surface area contributed by atoms with Crippen LogP contribution in [0, 0.1) is 13.8 Å². The topological polar surface area (TPSA) is 103 Å². The van der Waals surface area contributed by atoms with E-state index in [1.165, 1.54) is 0 Å². The van der Waals surface area contributed by atoms with Gasteiger partial charge in [-0.2, -0.15) is 5.10 Å². The van der Waals surface area contributed by atoms with Gasteiger partial charge in [0.05, 0.1) is 5.69 Å². The van der Waals surface area contributed by atoms with Crippen LogP contribution in [0.3, 0.4) is 0 Å². The molecule has 0 spiro atoms. The van der Waals surface area contributed by atoms with Crippen molar-refractivity contribution in [1.82, 2.24) is 30.5 Å². The summed E-state index contributed by atoms with van der Waals surface area (Å²) in [5.41, 5.74) is 5.84. The second-order valence-electron chi connectivity index (χ2n) is 7.98. The normalized spacial score (nSPS) is 14.3. The first-order valence-electron chi connectivity index (χ1n) is 10.5. The Morgan fingerprint density at radius 2 is 2.03 bits per heavy atom. The zero-order valence-electron chi connectivity index (χ0n) is 17.7. The molecule has 1 aliphatic heterocycles. The number of aromatic nitrogens is 5. The summed E-state index contributed by atoms with van der Waals surface area (Å²) in [6, 6.07) is 8.14. The van der Waals surface area contributed by atoms with Crippen molar-refractivity contribution in [3.63, 3.8) is 0 Å². The maximum Gasteiger partial charge on any atom is 0.187 e. The lowest BCUT2D eigenvalue weighted by Crippen LogP contribution is -2.43. The standard InChI is InChI=1S/C23H25N7O/c1-14-15(2)28-29-22(14)20(31)11-16-10-17-18(13-26-23(17)25-12-16)19-4-3-5-21(27-19)30-8-6-24-7-9-30/h3-5,10,12-13,24H,6-9,11H2,1-2H3,(H,25,26)(H,28,29). The zero-order chi connectivity index (χ0) is 21.4. The lowest BCUT2D eigenvalue weighted by atomic mass is 10.0. The summed E-state index contributed by atoms with van der Waals surface area (Å²) in [6.07, 6.45) is 3.95. The van der Waals surface area contributed by atoms with Gasteiger partial charge < -0.3 is 15.2 Å². The van der Waals surface area contributed by atoms with E-state index in [1.54, 1.807) is 6.20 Å². The number of fused-ring (bicyclic) bond motifs is 1. The number of Topliss-reactive ketones (excluding diaryl/α,β-unsaturated/α-hetero) is 1. The van der Waals surface area contributed by atoms with E-state index in [4.69, 9.17) is 4.98 Å². The minimum Gasteiger partial charge on any atom is -0.354 e. The molecule has 1 fully saturated rings. The number of anilines is 1. The van der Waals surface area contributed by atoms with Gasteiger partial charge in [0, 0.05) is 67.2 Å². The summed E-state index contributed by atoms with van der Waals surface area (Å²) in [4.78, 5) is 27.7. The number of nitrogens with zero attached hydrogens (tertiary/aromatic N) is 4. The first-order valence-corrected chi connectivity index (χ1v) is 10.5. The molecule has 0 saturated carbocycles. The molecular weight excluding hydrogens is 390 g/mol. The highest BCUT2D eigenvalue weighted by Crippen LogP contribution is 2.29. The number of rotatable bonds is 5. The molecule has 0 unspecified atom stereocenters. The largest absolute Gasteiger partial charge is 0.354 e. The SMILES string of the molecule is Cc1[nH]nc(C(=O)Cc2cnc3[nH]cc(-c4cccc(N5CCNCC5)n4)c3c2)c1C. The van der Waals surface area contributed by atoms with Gasteiger partial charge in [-0.25, -0.2) is 9.97 Å². The third-order valence-electron chi connectivity index (χ3n) is 5.92. The number of H-pyrrole nitrogens is 2. The number of carbonyl (C=O) groups is 1. The van der Waals surface area contributed by atoms with E-state index in [0.29, 0.717) is 5.69 Å². The number of pyridine rings is 2. The van der Waals surface area contributed by atoms with E-state index < -0.39 is 0 Å². The fourth-order valence-electron chi connectivity index (χ4n) is 4.02. The van der Waals surface area contributed by atoms with Crippen molar-refractivity contribution in [3.8, 4) is 11.3 Å². The molecule has 1 saturated heterocycles. The molecular formula is C23H25N7O. The van der Waals surface area contributed by atoms with Crippen LogP contribution in [-0.2, 0) is 6.42 Å². The van der Waals surface area contributed by atoms with Gasteiger partial charge in [-0.05, 0) is 37.6 Å². The van der Waals surface area contributed by atoms with Crippen molar-refractivity contribution < 1.29 is 4.79 Å². The van der Waals surface area contributed by atoms with E-state index in [9.17, 15) is 4.79 Å². The second kappa shape index (κ2) is 7.96. The van der Waals surface area contributed by atoms with Crippen LogP contribution in [-0.4, -0.2) is 57.1 Å². The van der Waals surface area contributed by atoms with Gasteiger partial charge in [-0.1, -0.05) is 6.07 Å². The highest BCUT2D eigenvalue weighted by Gasteiger charge is 2.17. The number of hydrogen-bond acceptors (Lipinski definition) is 6. The van der Waals surface area contributed by atoms with E-state index in [1.807, 2.05) is 38.2 Å². The Bertz CT molecular complexity index is 1250. The molecule has 4 aromatic heterocycles. The average Bonchev–Trinajstić information content (AvgIpc) is 3.37. The van der Waals surface area contributed by atoms with Gasteiger partial charge in [-0.3, -0.25) is 9.89 Å². The predicted octanol–water partition coefficient (Wildman–Crippen LogP) is 2.80. The Morgan fingerprint density at radius 1 is 1.19 bits per heavy atom. The van der Waals surface area contributed by atoms with Crippen molar-refractivity contribution in [2.75, 3.05) is 31.1 Å². The molecule has 4 aromatic rings. The molecule has 3 N–H and O–H groups in total. The number of ketones is 1. The van der Waals surface area contributed by atoms with Crippen molar-refractivity contribution >= 4 is 22.6 Å². The molecule has 5 rings (SSSR count). The van der Waals surface area contributed by atoms with Crippen LogP contribution in [0.5, 0.6) is 0 Å². The van der Waals surface area contributed by atoms with Crippen LogP contribution >= 0.6 is 0 Å². The highest BCUT2D eigenvalue weighted by atomic mass is 16.1. The Balaban J connectivity index is 1.45. The molecule has 5 heterocycles. The Kier molecular flexibility index (Phi) is 4.99. The molecule has 8 nitrogen and oxygen atoms in total. The Labute approximate surface area is 180 Å². The number of nitrogens with one attached hydrogen (secondary N) is 3. The Hall–Kier alpha value is -3.52. The van der Waals surface area contributed by atoms with E-state index in [2.05, 4.69) is 36.4 Å². The summed E-state index contributed by atoms with van der Waals surface area (Å²) >= 11 is 0. The van der Waals surface area contributed by atoms with Gasteiger partial charge in [0.2, 0.25) is 0 Å². The van der Waals surface area contributed by atoms with Crippen molar-refractivity contribution in [3.05, 3.63) is 59.2 Å². The van der Waals surface area contributed by atoms with Crippen molar-refractivity contribution in [2.45, 2.75) is 20.3 Å². The van der Waals surface area contributed by atoms with E-state index >= 15 is 0 Å². The molecule has 0 atom stereocenters. The van der Waals surface area contributed by atoms with Gasteiger partial charge in [-0.15, -0.1) is 0 Å². The van der Waals surface area contributed by atoms with Crippen LogP contribution in [0.25, 0.3) is 22.3 Å². The maximum atomic E-state index is 12.8. The molecule has 158 valence electrons. The smallest absolute Gasteiger partial charge is 0.187 e. The summed E-state index contributed by atoms with van der Waals surface area (Å²) in [7, 11) is 0. The van der Waals surface area contributed by atoms with E-state index in [0.717, 1.165) is 71.1 Å². The average molecular weight is 416 g/mol.